The Hall–Kier alpha value is -3.49. The monoisotopic (exact) mass is 496 g/mol. The van der Waals surface area contributed by atoms with Gasteiger partial charge in [0.1, 0.15) is 13.2 Å². The molecule has 2 heterocycles. The number of benzene rings is 3. The molecule has 0 atom stereocenters. The Bertz CT molecular complexity index is 1450. The number of ether oxygens (including phenoxy) is 2. The molecule has 0 radical (unpaired) electrons. The maximum absolute atomic E-state index is 13.6. The second kappa shape index (κ2) is 9.04. The molecule has 1 aliphatic rings. The van der Waals surface area contributed by atoms with Gasteiger partial charge in [-0.2, -0.15) is 4.98 Å². The summed E-state index contributed by atoms with van der Waals surface area (Å²) in [7, 11) is -4.05. The quantitative estimate of drug-likeness (QED) is 0.376. The minimum atomic E-state index is -4.05. The minimum absolute atomic E-state index is 0.0290. The van der Waals surface area contributed by atoms with Crippen molar-refractivity contribution in [2.45, 2.75) is 23.4 Å². The zero-order valence-electron chi connectivity index (χ0n) is 18.2. The molecule has 0 spiro atoms. The summed E-state index contributed by atoms with van der Waals surface area (Å²) >= 11 is 6.27. The number of oxazole rings is 1. The number of hydrogen-bond donors (Lipinski definition) is 1. The van der Waals surface area contributed by atoms with E-state index in [0.717, 1.165) is 11.1 Å². The highest BCUT2D eigenvalue weighted by molar-refractivity contribution is 7.91. The SMILES string of the molecule is Cc1ccc(-c2nc(S(=O)(=O)c3ccc4c(c3)OCCO4)c(NCc3ccccc3Cl)o2)cc1. The fourth-order valence-electron chi connectivity index (χ4n) is 3.54. The van der Waals surface area contributed by atoms with Gasteiger partial charge < -0.3 is 19.2 Å². The van der Waals surface area contributed by atoms with Gasteiger partial charge in [0.05, 0.1) is 4.90 Å². The summed E-state index contributed by atoms with van der Waals surface area (Å²) in [4.78, 5) is 4.41. The van der Waals surface area contributed by atoms with Crippen LogP contribution < -0.4 is 14.8 Å². The predicted molar refractivity (Wildman–Crippen MR) is 128 cm³/mol. The van der Waals surface area contributed by atoms with Gasteiger partial charge in [0, 0.05) is 23.2 Å². The lowest BCUT2D eigenvalue weighted by molar-refractivity contribution is 0.171. The normalized spacial score (nSPS) is 13.0. The summed E-state index contributed by atoms with van der Waals surface area (Å²) in [6, 6.07) is 19.3. The van der Waals surface area contributed by atoms with E-state index in [4.69, 9.17) is 25.5 Å². The topological polar surface area (TPSA) is 90.7 Å². The Balaban J connectivity index is 1.56. The molecule has 1 N–H and O–H groups in total. The third-order valence-electron chi connectivity index (χ3n) is 5.37. The third-order valence-corrected chi connectivity index (χ3v) is 7.40. The number of rotatable bonds is 6. The second-order valence-electron chi connectivity index (χ2n) is 7.77. The summed E-state index contributed by atoms with van der Waals surface area (Å²) in [5.41, 5.74) is 2.52. The summed E-state index contributed by atoms with van der Waals surface area (Å²) in [6.45, 7) is 2.99. The number of anilines is 1. The number of sulfone groups is 1. The van der Waals surface area contributed by atoms with E-state index in [1.165, 1.54) is 12.1 Å². The summed E-state index contributed by atoms with van der Waals surface area (Å²) in [6.07, 6.45) is 0. The lowest BCUT2D eigenvalue weighted by Crippen LogP contribution is -2.16. The van der Waals surface area contributed by atoms with E-state index in [1.54, 1.807) is 12.1 Å². The molecule has 0 aliphatic carbocycles. The number of nitrogens with zero attached hydrogens (tertiary/aromatic N) is 1. The summed E-state index contributed by atoms with van der Waals surface area (Å²) in [5.74, 6) is 1.10. The highest BCUT2D eigenvalue weighted by Gasteiger charge is 2.30. The molecule has 9 heteroatoms. The van der Waals surface area contributed by atoms with Gasteiger partial charge in [-0.1, -0.05) is 47.5 Å². The van der Waals surface area contributed by atoms with Crippen LogP contribution in [-0.2, 0) is 16.4 Å². The highest BCUT2D eigenvalue weighted by Crippen LogP contribution is 2.37. The van der Waals surface area contributed by atoms with Crippen LogP contribution in [0.3, 0.4) is 0 Å². The van der Waals surface area contributed by atoms with Crippen molar-refractivity contribution in [2.75, 3.05) is 18.5 Å². The van der Waals surface area contributed by atoms with Crippen LogP contribution in [0.4, 0.5) is 5.88 Å². The molecule has 7 nitrogen and oxygen atoms in total. The molecule has 0 fully saturated rings. The van der Waals surface area contributed by atoms with Crippen LogP contribution in [0.25, 0.3) is 11.5 Å². The zero-order chi connectivity index (χ0) is 23.7. The van der Waals surface area contributed by atoms with Gasteiger partial charge in [-0.15, -0.1) is 0 Å². The Morgan fingerprint density at radius 3 is 2.47 bits per heavy atom. The van der Waals surface area contributed by atoms with Crippen molar-refractivity contribution < 1.29 is 22.3 Å². The van der Waals surface area contributed by atoms with Crippen LogP contribution >= 0.6 is 11.6 Å². The first-order valence-electron chi connectivity index (χ1n) is 10.6. The number of fused-ring (bicyclic) bond motifs is 1. The zero-order valence-corrected chi connectivity index (χ0v) is 19.8. The fourth-order valence-corrected chi connectivity index (χ4v) is 5.04. The van der Waals surface area contributed by atoms with Crippen molar-refractivity contribution in [3.05, 3.63) is 82.9 Å². The number of aryl methyl sites for hydroxylation is 1. The molecule has 0 saturated carbocycles. The third kappa shape index (κ3) is 4.34. The largest absolute Gasteiger partial charge is 0.486 e. The molecule has 0 bridgehead atoms. The molecule has 3 aromatic carbocycles. The smallest absolute Gasteiger partial charge is 0.234 e. The first-order valence-corrected chi connectivity index (χ1v) is 12.5. The van der Waals surface area contributed by atoms with Crippen molar-refractivity contribution in [1.82, 2.24) is 4.98 Å². The molecular weight excluding hydrogens is 476 g/mol. The van der Waals surface area contributed by atoms with Gasteiger partial charge in [-0.25, -0.2) is 8.42 Å². The lowest BCUT2D eigenvalue weighted by atomic mass is 10.1. The van der Waals surface area contributed by atoms with Crippen LogP contribution in [0.1, 0.15) is 11.1 Å². The van der Waals surface area contributed by atoms with Crippen molar-refractivity contribution in [2.24, 2.45) is 0 Å². The molecule has 0 saturated heterocycles. The van der Waals surface area contributed by atoms with E-state index in [-0.39, 0.29) is 28.2 Å². The van der Waals surface area contributed by atoms with Gasteiger partial charge in [0.25, 0.3) is 0 Å². The van der Waals surface area contributed by atoms with E-state index < -0.39 is 9.84 Å². The Morgan fingerprint density at radius 2 is 1.71 bits per heavy atom. The predicted octanol–water partition coefficient (Wildman–Crippen LogP) is 5.52. The maximum atomic E-state index is 13.6. The standard InChI is InChI=1S/C25H21ClN2O5S/c1-16-6-8-17(9-7-16)23-28-25(24(33-23)27-15-18-4-2-3-5-20(18)26)34(29,30)19-10-11-21-22(14-19)32-13-12-31-21/h2-11,14,27H,12-13,15H2,1H3. The molecule has 1 aliphatic heterocycles. The Kier molecular flexibility index (Phi) is 5.93. The Labute approximate surface area is 202 Å². The highest BCUT2D eigenvalue weighted by atomic mass is 35.5. The molecule has 1 aromatic heterocycles. The van der Waals surface area contributed by atoms with E-state index >= 15 is 0 Å². The Morgan fingerprint density at radius 1 is 0.971 bits per heavy atom. The molecule has 34 heavy (non-hydrogen) atoms. The minimum Gasteiger partial charge on any atom is -0.486 e. The van der Waals surface area contributed by atoms with Gasteiger partial charge in [-0.3, -0.25) is 0 Å². The maximum Gasteiger partial charge on any atom is 0.234 e. The van der Waals surface area contributed by atoms with Crippen molar-refractivity contribution in [1.29, 1.82) is 0 Å². The van der Waals surface area contributed by atoms with Crippen LogP contribution in [0.15, 0.2) is 81.1 Å². The number of nitrogens with one attached hydrogen (secondary N) is 1. The molecule has 174 valence electrons. The van der Waals surface area contributed by atoms with Crippen LogP contribution in [0.2, 0.25) is 5.02 Å². The second-order valence-corrected chi connectivity index (χ2v) is 10.0. The average Bonchev–Trinajstić information content (AvgIpc) is 3.29. The lowest BCUT2D eigenvalue weighted by Gasteiger charge is -2.18. The van der Waals surface area contributed by atoms with Gasteiger partial charge >= 0.3 is 0 Å². The molecule has 0 amide bonds. The molecule has 5 rings (SSSR count). The van der Waals surface area contributed by atoms with Crippen LogP contribution in [0, 0.1) is 6.92 Å². The van der Waals surface area contributed by atoms with E-state index in [0.29, 0.717) is 35.3 Å². The summed E-state index contributed by atoms with van der Waals surface area (Å²) in [5, 5.41) is 3.41. The van der Waals surface area contributed by atoms with Crippen molar-refractivity contribution in [3.8, 4) is 23.0 Å². The van der Waals surface area contributed by atoms with E-state index in [2.05, 4.69) is 10.3 Å². The number of hydrogen-bond acceptors (Lipinski definition) is 7. The van der Waals surface area contributed by atoms with Crippen LogP contribution in [-0.4, -0.2) is 26.6 Å². The fraction of sp³-hybridized carbons (Fsp3) is 0.160. The van der Waals surface area contributed by atoms with Gasteiger partial charge in [0.15, 0.2) is 11.5 Å². The molecule has 0 unspecified atom stereocenters. The average molecular weight is 497 g/mol. The van der Waals surface area contributed by atoms with Gasteiger partial charge in [0.2, 0.25) is 26.6 Å². The van der Waals surface area contributed by atoms with E-state index in [1.807, 2.05) is 49.4 Å². The first kappa shape index (κ1) is 22.3. The van der Waals surface area contributed by atoms with Crippen molar-refractivity contribution >= 4 is 27.3 Å². The molecule has 4 aromatic rings. The first-order chi connectivity index (χ1) is 16.4. The number of halogens is 1. The number of aromatic nitrogens is 1. The van der Waals surface area contributed by atoms with Crippen LogP contribution in [0.5, 0.6) is 11.5 Å². The van der Waals surface area contributed by atoms with Crippen molar-refractivity contribution in [3.63, 3.8) is 0 Å². The van der Waals surface area contributed by atoms with E-state index in [9.17, 15) is 8.42 Å². The molecular formula is C25H21ClN2O5S. The summed E-state index contributed by atoms with van der Waals surface area (Å²) < 4.78 is 44.3. The van der Waals surface area contributed by atoms with Gasteiger partial charge in [-0.05, 0) is 42.8 Å².